The van der Waals surface area contributed by atoms with E-state index in [-0.39, 0.29) is 11.5 Å². The summed E-state index contributed by atoms with van der Waals surface area (Å²) in [6, 6.07) is 0. The van der Waals surface area contributed by atoms with E-state index in [0.717, 1.165) is 19.6 Å². The molecule has 1 amide bonds. The molecule has 2 heterocycles. The van der Waals surface area contributed by atoms with Gasteiger partial charge in [0.05, 0.1) is 18.6 Å². The Kier molecular flexibility index (Phi) is 2.98. The SMILES string of the molecule is CC1(C)CC(=O)N(CC2CCCNC2)O1. The van der Waals surface area contributed by atoms with Crippen molar-refractivity contribution >= 4 is 5.91 Å². The van der Waals surface area contributed by atoms with Crippen molar-refractivity contribution in [3.63, 3.8) is 0 Å². The Morgan fingerprint density at radius 2 is 2.40 bits per heavy atom. The second kappa shape index (κ2) is 4.10. The minimum atomic E-state index is -0.306. The topological polar surface area (TPSA) is 41.6 Å². The number of carbonyl (C=O) groups is 1. The number of amides is 1. The van der Waals surface area contributed by atoms with E-state index in [1.807, 2.05) is 13.8 Å². The first-order valence-corrected chi connectivity index (χ1v) is 5.77. The van der Waals surface area contributed by atoms with Gasteiger partial charge in [-0.1, -0.05) is 0 Å². The number of piperidine rings is 1. The van der Waals surface area contributed by atoms with Crippen molar-refractivity contribution in [3.8, 4) is 0 Å². The smallest absolute Gasteiger partial charge is 0.249 e. The van der Waals surface area contributed by atoms with Gasteiger partial charge in [0.15, 0.2) is 0 Å². The summed E-state index contributed by atoms with van der Waals surface area (Å²) in [6.07, 6.45) is 2.91. The van der Waals surface area contributed by atoms with Gasteiger partial charge in [0.25, 0.3) is 0 Å². The summed E-state index contributed by atoms with van der Waals surface area (Å²) in [7, 11) is 0. The van der Waals surface area contributed by atoms with Gasteiger partial charge in [-0.25, -0.2) is 5.06 Å². The monoisotopic (exact) mass is 212 g/mol. The molecule has 86 valence electrons. The zero-order chi connectivity index (χ0) is 10.9. The van der Waals surface area contributed by atoms with E-state index in [0.29, 0.717) is 12.3 Å². The molecule has 2 aliphatic rings. The molecule has 0 radical (unpaired) electrons. The fourth-order valence-electron chi connectivity index (χ4n) is 2.29. The van der Waals surface area contributed by atoms with Crippen LogP contribution < -0.4 is 5.32 Å². The fourth-order valence-corrected chi connectivity index (χ4v) is 2.29. The zero-order valence-electron chi connectivity index (χ0n) is 9.58. The van der Waals surface area contributed by atoms with E-state index >= 15 is 0 Å². The maximum absolute atomic E-state index is 11.6. The highest BCUT2D eigenvalue weighted by molar-refractivity contribution is 5.77. The Morgan fingerprint density at radius 1 is 1.60 bits per heavy atom. The van der Waals surface area contributed by atoms with E-state index in [2.05, 4.69) is 5.32 Å². The normalized spacial score (nSPS) is 30.9. The summed E-state index contributed by atoms with van der Waals surface area (Å²) in [5, 5.41) is 4.92. The van der Waals surface area contributed by atoms with Gasteiger partial charge in [-0.15, -0.1) is 0 Å². The molecule has 2 rings (SSSR count). The van der Waals surface area contributed by atoms with Gasteiger partial charge in [0.2, 0.25) is 5.91 Å². The number of carbonyl (C=O) groups excluding carboxylic acids is 1. The number of nitrogens with one attached hydrogen (secondary N) is 1. The molecule has 4 heteroatoms. The third kappa shape index (κ3) is 2.69. The first-order valence-electron chi connectivity index (χ1n) is 5.77. The second-order valence-corrected chi connectivity index (χ2v) is 5.19. The molecule has 0 saturated carbocycles. The van der Waals surface area contributed by atoms with Crippen LogP contribution in [0.4, 0.5) is 0 Å². The standard InChI is InChI=1S/C11H20N2O2/c1-11(2)6-10(14)13(15-11)8-9-4-3-5-12-7-9/h9,12H,3-8H2,1-2H3. The average molecular weight is 212 g/mol. The third-order valence-corrected chi connectivity index (χ3v) is 3.04. The highest BCUT2D eigenvalue weighted by Crippen LogP contribution is 2.27. The number of hydrogen-bond acceptors (Lipinski definition) is 3. The number of hydrogen-bond donors (Lipinski definition) is 1. The summed E-state index contributed by atoms with van der Waals surface area (Å²) in [5.41, 5.74) is -0.306. The van der Waals surface area contributed by atoms with Crippen LogP contribution in [-0.2, 0) is 9.63 Å². The summed E-state index contributed by atoms with van der Waals surface area (Å²) >= 11 is 0. The van der Waals surface area contributed by atoms with Gasteiger partial charge in [-0.3, -0.25) is 9.63 Å². The molecule has 2 aliphatic heterocycles. The van der Waals surface area contributed by atoms with Gasteiger partial charge < -0.3 is 5.32 Å². The highest BCUT2D eigenvalue weighted by atomic mass is 16.7. The molecule has 4 nitrogen and oxygen atoms in total. The molecule has 1 atom stereocenters. The van der Waals surface area contributed by atoms with Crippen molar-refractivity contribution in [2.24, 2.45) is 5.92 Å². The Morgan fingerprint density at radius 3 is 2.93 bits per heavy atom. The van der Waals surface area contributed by atoms with Crippen LogP contribution in [0.1, 0.15) is 33.1 Å². The van der Waals surface area contributed by atoms with Gasteiger partial charge in [-0.05, 0) is 45.7 Å². The zero-order valence-corrected chi connectivity index (χ0v) is 9.58. The van der Waals surface area contributed by atoms with E-state index in [4.69, 9.17) is 4.84 Å². The molecule has 0 aromatic heterocycles. The quantitative estimate of drug-likeness (QED) is 0.740. The molecule has 0 aromatic carbocycles. The maximum atomic E-state index is 11.6. The van der Waals surface area contributed by atoms with Crippen LogP contribution >= 0.6 is 0 Å². The van der Waals surface area contributed by atoms with Crippen molar-refractivity contribution in [1.29, 1.82) is 0 Å². The minimum absolute atomic E-state index is 0.130. The van der Waals surface area contributed by atoms with Crippen molar-refractivity contribution in [1.82, 2.24) is 10.4 Å². The summed E-state index contributed by atoms with van der Waals surface area (Å²) in [6.45, 7) is 6.79. The summed E-state index contributed by atoms with van der Waals surface area (Å²) in [4.78, 5) is 17.3. The molecule has 15 heavy (non-hydrogen) atoms. The Hall–Kier alpha value is -0.610. The highest BCUT2D eigenvalue weighted by Gasteiger charge is 2.38. The molecule has 1 unspecified atom stereocenters. The predicted molar refractivity (Wildman–Crippen MR) is 57.1 cm³/mol. The van der Waals surface area contributed by atoms with Crippen LogP contribution in [0.5, 0.6) is 0 Å². The molecule has 0 aliphatic carbocycles. The molecular weight excluding hydrogens is 192 g/mol. The molecule has 2 fully saturated rings. The van der Waals surface area contributed by atoms with E-state index in [9.17, 15) is 4.79 Å². The summed E-state index contributed by atoms with van der Waals surface area (Å²) in [5.74, 6) is 0.683. The van der Waals surface area contributed by atoms with Crippen LogP contribution in [0.2, 0.25) is 0 Å². The number of nitrogens with zero attached hydrogens (tertiary/aromatic N) is 1. The Balaban J connectivity index is 1.86. The number of hydroxylamine groups is 2. The van der Waals surface area contributed by atoms with Crippen LogP contribution in [0.3, 0.4) is 0 Å². The maximum Gasteiger partial charge on any atom is 0.249 e. The molecular formula is C11H20N2O2. The Labute approximate surface area is 90.9 Å². The van der Waals surface area contributed by atoms with Gasteiger partial charge in [-0.2, -0.15) is 0 Å². The average Bonchev–Trinajstić information content (AvgIpc) is 2.41. The van der Waals surface area contributed by atoms with E-state index in [1.54, 1.807) is 5.06 Å². The van der Waals surface area contributed by atoms with Crippen LogP contribution in [0, 0.1) is 5.92 Å². The minimum Gasteiger partial charge on any atom is -0.316 e. The van der Waals surface area contributed by atoms with Crippen LogP contribution in [0.15, 0.2) is 0 Å². The first-order chi connectivity index (χ1) is 7.07. The largest absolute Gasteiger partial charge is 0.316 e. The summed E-state index contributed by atoms with van der Waals surface area (Å²) < 4.78 is 0. The van der Waals surface area contributed by atoms with Gasteiger partial charge in [0.1, 0.15) is 0 Å². The van der Waals surface area contributed by atoms with Crippen molar-refractivity contribution in [2.75, 3.05) is 19.6 Å². The third-order valence-electron chi connectivity index (χ3n) is 3.04. The molecule has 0 aromatic rings. The fraction of sp³-hybridized carbons (Fsp3) is 0.909. The second-order valence-electron chi connectivity index (χ2n) is 5.19. The van der Waals surface area contributed by atoms with Gasteiger partial charge in [0, 0.05) is 0 Å². The van der Waals surface area contributed by atoms with E-state index in [1.165, 1.54) is 12.8 Å². The first kappa shape index (κ1) is 10.9. The lowest BCUT2D eigenvalue weighted by molar-refractivity contribution is -0.195. The molecule has 0 spiro atoms. The lowest BCUT2D eigenvalue weighted by atomic mass is 9.99. The lowest BCUT2D eigenvalue weighted by Crippen LogP contribution is -2.38. The number of rotatable bonds is 2. The van der Waals surface area contributed by atoms with Crippen molar-refractivity contribution in [3.05, 3.63) is 0 Å². The Bertz CT molecular complexity index is 247. The van der Waals surface area contributed by atoms with Crippen molar-refractivity contribution < 1.29 is 9.63 Å². The van der Waals surface area contributed by atoms with Gasteiger partial charge >= 0.3 is 0 Å². The molecule has 1 N–H and O–H groups in total. The van der Waals surface area contributed by atoms with E-state index < -0.39 is 0 Å². The predicted octanol–water partition coefficient (Wildman–Crippen LogP) is 0.928. The van der Waals surface area contributed by atoms with Crippen LogP contribution in [0.25, 0.3) is 0 Å². The molecule has 0 bridgehead atoms. The van der Waals surface area contributed by atoms with Crippen LogP contribution in [-0.4, -0.2) is 36.2 Å². The van der Waals surface area contributed by atoms with Crippen molar-refractivity contribution in [2.45, 2.75) is 38.7 Å². The lowest BCUT2D eigenvalue weighted by Gasteiger charge is -2.27. The molecule has 2 saturated heterocycles.